The number of hydrogen-bond donors (Lipinski definition) is 1. The predicted molar refractivity (Wildman–Crippen MR) is 45.6 cm³/mol. The van der Waals surface area contributed by atoms with Crippen molar-refractivity contribution in [1.82, 2.24) is 9.78 Å². The lowest BCUT2D eigenvalue weighted by molar-refractivity contribution is 0.181. The fourth-order valence-corrected chi connectivity index (χ4v) is 0.762. The predicted octanol–water partition coefficient (Wildman–Crippen LogP) is 0.571. The third-order valence-electron chi connectivity index (χ3n) is 1.26. The van der Waals surface area contributed by atoms with Crippen LogP contribution in [0.3, 0.4) is 0 Å². The van der Waals surface area contributed by atoms with Gasteiger partial charge in [-0.25, -0.2) is 0 Å². The Balaban J connectivity index is 0.000001000. The molecule has 64 valence electrons. The monoisotopic (exact) mass is 177 g/mol. The number of nitrogens with zero attached hydrogens (tertiary/aromatic N) is 2. The van der Waals surface area contributed by atoms with Gasteiger partial charge in [0.15, 0.2) is 0 Å². The van der Waals surface area contributed by atoms with E-state index in [9.17, 15) is 0 Å². The number of ether oxygens (including phenoxy) is 1. The van der Waals surface area contributed by atoms with E-state index in [1.165, 1.54) is 0 Å². The van der Waals surface area contributed by atoms with Gasteiger partial charge in [-0.15, -0.1) is 12.4 Å². The Bertz CT molecular complexity index is 204. The second-order valence-corrected chi connectivity index (χ2v) is 2.12. The molecule has 0 saturated carbocycles. The summed E-state index contributed by atoms with van der Waals surface area (Å²) in [6.45, 7) is 0.519. The van der Waals surface area contributed by atoms with Gasteiger partial charge >= 0.3 is 0 Å². The lowest BCUT2D eigenvalue weighted by atomic mass is 10.4. The molecule has 4 nitrogen and oxygen atoms in total. The maximum atomic E-state index is 5.52. The number of hydrogen-bond acceptors (Lipinski definition) is 3. The summed E-state index contributed by atoms with van der Waals surface area (Å²) in [6, 6.07) is 1.80. The molecule has 0 unspecified atom stereocenters. The largest absolute Gasteiger partial charge is 0.384 e. The van der Waals surface area contributed by atoms with Crippen molar-refractivity contribution in [3.05, 3.63) is 11.8 Å². The molecule has 0 aromatic carbocycles. The smallest absolute Gasteiger partial charge is 0.121 e. The van der Waals surface area contributed by atoms with Crippen LogP contribution >= 0.6 is 12.4 Å². The molecule has 11 heavy (non-hydrogen) atoms. The first kappa shape index (κ1) is 10.3. The molecule has 5 heteroatoms. The topological polar surface area (TPSA) is 53.1 Å². The fourth-order valence-electron chi connectivity index (χ4n) is 0.762. The molecule has 2 N–H and O–H groups in total. The van der Waals surface area contributed by atoms with Gasteiger partial charge in [0, 0.05) is 20.2 Å². The van der Waals surface area contributed by atoms with Gasteiger partial charge in [-0.05, 0) is 0 Å². The van der Waals surface area contributed by atoms with Crippen LogP contribution in [-0.2, 0) is 18.4 Å². The number of halogens is 1. The van der Waals surface area contributed by atoms with E-state index in [0.29, 0.717) is 12.4 Å². The van der Waals surface area contributed by atoms with Crippen molar-refractivity contribution in [2.24, 2.45) is 7.05 Å². The van der Waals surface area contributed by atoms with Gasteiger partial charge in [-0.2, -0.15) is 5.10 Å². The van der Waals surface area contributed by atoms with Crippen molar-refractivity contribution in [3.63, 3.8) is 0 Å². The summed E-state index contributed by atoms with van der Waals surface area (Å²) in [6.07, 6.45) is 0. The number of aromatic nitrogens is 2. The molecule has 0 fully saturated rings. The molecular formula is C6H12ClN3O. The van der Waals surface area contributed by atoms with E-state index in [4.69, 9.17) is 10.5 Å². The Kier molecular flexibility index (Phi) is 3.92. The summed E-state index contributed by atoms with van der Waals surface area (Å²) in [7, 11) is 3.43. The van der Waals surface area contributed by atoms with Gasteiger partial charge < -0.3 is 10.5 Å². The maximum Gasteiger partial charge on any atom is 0.121 e. The third-order valence-corrected chi connectivity index (χ3v) is 1.26. The highest BCUT2D eigenvalue weighted by molar-refractivity contribution is 5.85. The highest BCUT2D eigenvalue weighted by Crippen LogP contribution is 2.04. The van der Waals surface area contributed by atoms with Crippen molar-refractivity contribution in [1.29, 1.82) is 0 Å². The number of nitrogens with two attached hydrogens (primary N) is 1. The SMILES string of the molecule is COCc1cc(N)n(C)n1.Cl. The van der Waals surface area contributed by atoms with E-state index >= 15 is 0 Å². The summed E-state index contributed by atoms with van der Waals surface area (Å²) in [5, 5.41) is 4.07. The maximum absolute atomic E-state index is 5.52. The van der Waals surface area contributed by atoms with E-state index in [2.05, 4.69) is 5.10 Å². The van der Waals surface area contributed by atoms with Gasteiger partial charge in [0.25, 0.3) is 0 Å². The average Bonchev–Trinajstić information content (AvgIpc) is 2.14. The number of anilines is 1. The fraction of sp³-hybridized carbons (Fsp3) is 0.500. The Morgan fingerprint density at radius 2 is 2.36 bits per heavy atom. The molecule has 1 aromatic heterocycles. The van der Waals surface area contributed by atoms with E-state index in [1.807, 2.05) is 0 Å². The Hall–Kier alpha value is -0.740. The molecule has 0 radical (unpaired) electrons. The molecule has 0 amide bonds. The molecule has 0 aliphatic heterocycles. The highest BCUT2D eigenvalue weighted by atomic mass is 35.5. The van der Waals surface area contributed by atoms with Crippen LogP contribution in [0.2, 0.25) is 0 Å². The second kappa shape index (κ2) is 4.20. The molecule has 1 aromatic rings. The van der Waals surface area contributed by atoms with Crippen LogP contribution in [0.25, 0.3) is 0 Å². The second-order valence-electron chi connectivity index (χ2n) is 2.12. The first-order valence-electron chi connectivity index (χ1n) is 3.01. The molecule has 0 spiro atoms. The molecule has 0 aliphatic carbocycles. The number of rotatable bonds is 2. The van der Waals surface area contributed by atoms with Crippen LogP contribution < -0.4 is 5.73 Å². The Morgan fingerprint density at radius 3 is 2.73 bits per heavy atom. The zero-order valence-electron chi connectivity index (χ0n) is 6.57. The minimum Gasteiger partial charge on any atom is -0.384 e. The summed E-state index contributed by atoms with van der Waals surface area (Å²) in [5.74, 6) is 0.659. The molecule has 1 heterocycles. The number of nitrogen functional groups attached to an aromatic ring is 1. The minimum absolute atomic E-state index is 0. The summed E-state index contributed by atoms with van der Waals surface area (Å²) < 4.78 is 6.48. The molecular weight excluding hydrogens is 166 g/mol. The van der Waals surface area contributed by atoms with Crippen LogP contribution in [0.4, 0.5) is 5.82 Å². The average molecular weight is 178 g/mol. The van der Waals surface area contributed by atoms with Gasteiger partial charge in [0.2, 0.25) is 0 Å². The lowest BCUT2D eigenvalue weighted by Gasteiger charge is -1.90. The zero-order chi connectivity index (χ0) is 7.56. The van der Waals surface area contributed by atoms with E-state index in [-0.39, 0.29) is 12.4 Å². The number of methoxy groups -OCH3 is 1. The molecule has 0 aliphatic rings. The minimum atomic E-state index is 0. The highest BCUT2D eigenvalue weighted by Gasteiger charge is 1.98. The number of aryl methyl sites for hydroxylation is 1. The van der Waals surface area contributed by atoms with Crippen molar-refractivity contribution >= 4 is 18.2 Å². The first-order chi connectivity index (χ1) is 4.74. The first-order valence-corrected chi connectivity index (χ1v) is 3.01. The zero-order valence-corrected chi connectivity index (χ0v) is 7.39. The molecule has 1 rings (SSSR count). The normalized spacial score (nSPS) is 9.27. The van der Waals surface area contributed by atoms with Crippen LogP contribution in [0, 0.1) is 0 Å². The van der Waals surface area contributed by atoms with Gasteiger partial charge in [-0.1, -0.05) is 0 Å². The summed E-state index contributed by atoms with van der Waals surface area (Å²) >= 11 is 0. The van der Waals surface area contributed by atoms with Crippen molar-refractivity contribution in [2.75, 3.05) is 12.8 Å². The van der Waals surface area contributed by atoms with Gasteiger partial charge in [0.1, 0.15) is 5.82 Å². The van der Waals surface area contributed by atoms with Crippen molar-refractivity contribution in [2.45, 2.75) is 6.61 Å². The third kappa shape index (κ3) is 2.40. The van der Waals surface area contributed by atoms with Crippen molar-refractivity contribution in [3.8, 4) is 0 Å². The van der Waals surface area contributed by atoms with Crippen molar-refractivity contribution < 1.29 is 4.74 Å². The molecule has 0 atom stereocenters. The standard InChI is InChI=1S/C6H11N3O.ClH/c1-9-6(7)3-5(8-9)4-10-2;/h3H,4,7H2,1-2H3;1H. The van der Waals surface area contributed by atoms with Crippen LogP contribution in [0.15, 0.2) is 6.07 Å². The Labute approximate surface area is 71.7 Å². The van der Waals surface area contributed by atoms with E-state index < -0.39 is 0 Å². The van der Waals surface area contributed by atoms with E-state index in [0.717, 1.165) is 5.69 Å². The van der Waals surface area contributed by atoms with Gasteiger partial charge in [0.05, 0.1) is 12.3 Å². The van der Waals surface area contributed by atoms with Crippen LogP contribution in [0.1, 0.15) is 5.69 Å². The lowest BCUT2D eigenvalue weighted by Crippen LogP contribution is -1.97. The van der Waals surface area contributed by atoms with Crippen LogP contribution in [-0.4, -0.2) is 16.9 Å². The molecule has 0 bridgehead atoms. The Morgan fingerprint density at radius 1 is 1.73 bits per heavy atom. The summed E-state index contributed by atoms with van der Waals surface area (Å²) in [5.41, 5.74) is 6.38. The molecule has 0 saturated heterocycles. The quantitative estimate of drug-likeness (QED) is 0.719. The van der Waals surface area contributed by atoms with Crippen LogP contribution in [0.5, 0.6) is 0 Å². The van der Waals surface area contributed by atoms with Gasteiger partial charge in [-0.3, -0.25) is 4.68 Å². The van der Waals surface area contributed by atoms with E-state index in [1.54, 1.807) is 24.9 Å². The summed E-state index contributed by atoms with van der Waals surface area (Å²) in [4.78, 5) is 0.